The van der Waals surface area contributed by atoms with E-state index in [0.717, 1.165) is 6.92 Å². The van der Waals surface area contributed by atoms with Crippen LogP contribution in [0.3, 0.4) is 0 Å². The summed E-state index contributed by atoms with van der Waals surface area (Å²) in [5, 5.41) is 51.7. The van der Waals surface area contributed by atoms with Gasteiger partial charge in [-0.2, -0.15) is 0 Å². The highest BCUT2D eigenvalue weighted by molar-refractivity contribution is 5.95. The van der Waals surface area contributed by atoms with Gasteiger partial charge in [0.05, 0.1) is 35.6 Å². The van der Waals surface area contributed by atoms with E-state index in [-0.39, 0.29) is 29.7 Å². The number of nitrogens with one attached hydrogen (secondary N) is 1. The first-order chi connectivity index (χ1) is 26.8. The van der Waals surface area contributed by atoms with E-state index in [1.165, 1.54) is 26.0 Å². The zero-order chi connectivity index (χ0) is 41.8. The molecule has 5 N–H and O–H groups in total. The zero-order valence-electron chi connectivity index (χ0n) is 33.1. The molecule has 6 rings (SSSR count). The number of ketones is 1. The first-order valence-corrected chi connectivity index (χ1v) is 19.0. The Hall–Kier alpha value is -4.73. The molecule has 1 heterocycles. The molecule has 2 aromatic rings. The molecule has 2 bridgehead atoms. The number of hydrogen-bond donors (Lipinski definition) is 5. The first-order valence-electron chi connectivity index (χ1n) is 19.0. The van der Waals surface area contributed by atoms with Gasteiger partial charge in [0.25, 0.3) is 0 Å². The van der Waals surface area contributed by atoms with Crippen molar-refractivity contribution >= 4 is 29.6 Å². The molecule has 4 aliphatic rings. The maximum Gasteiger partial charge on any atom is 0.338 e. The number of aliphatic hydroxyl groups excluding tert-OH is 3. The number of aliphatic hydroxyl groups is 4. The van der Waals surface area contributed by atoms with Crippen molar-refractivity contribution in [2.45, 2.75) is 115 Å². The number of amides is 1. The monoisotopic (exact) mass is 789 g/mol. The van der Waals surface area contributed by atoms with Gasteiger partial charge in [0.1, 0.15) is 30.0 Å². The molecule has 14 heteroatoms. The lowest BCUT2D eigenvalue weighted by Crippen LogP contribution is -2.81. The molecule has 0 spiro atoms. The summed E-state index contributed by atoms with van der Waals surface area (Å²) < 4.78 is 24.1. The quantitative estimate of drug-likeness (QED) is 0.107. The maximum absolute atomic E-state index is 14.9. The van der Waals surface area contributed by atoms with Crippen LogP contribution >= 0.6 is 0 Å². The van der Waals surface area contributed by atoms with Gasteiger partial charge in [-0.05, 0) is 56.5 Å². The van der Waals surface area contributed by atoms with Crippen LogP contribution in [0.5, 0.6) is 0 Å². The van der Waals surface area contributed by atoms with Gasteiger partial charge in [0.2, 0.25) is 5.91 Å². The average Bonchev–Trinajstić information content (AvgIpc) is 3.18. The second-order valence-corrected chi connectivity index (χ2v) is 16.4. The molecule has 2 aromatic carbocycles. The van der Waals surface area contributed by atoms with Crippen LogP contribution in [0, 0.1) is 16.7 Å². The number of esters is 3. The average molecular weight is 790 g/mol. The Morgan fingerprint density at radius 2 is 1.58 bits per heavy atom. The highest BCUT2D eigenvalue weighted by Crippen LogP contribution is 2.64. The maximum atomic E-state index is 14.9. The predicted octanol–water partition coefficient (Wildman–Crippen LogP) is 2.82. The van der Waals surface area contributed by atoms with Gasteiger partial charge in [-0.25, -0.2) is 9.59 Å². The lowest BCUT2D eigenvalue weighted by molar-refractivity contribution is -0.346. The summed E-state index contributed by atoms with van der Waals surface area (Å²) in [6.45, 7) is 10.1. The fourth-order valence-electron chi connectivity index (χ4n) is 9.51. The van der Waals surface area contributed by atoms with Crippen molar-refractivity contribution in [3.63, 3.8) is 0 Å². The molecule has 14 nitrogen and oxygen atoms in total. The Balaban J connectivity index is 1.50. The number of Topliss-reactive ketones (excluding diaryl/α,β-unsaturated/α-hetero) is 1. The van der Waals surface area contributed by atoms with Crippen LogP contribution in [0.1, 0.15) is 83.3 Å². The largest absolute Gasteiger partial charge is 0.456 e. The molecule has 1 unspecified atom stereocenters. The Bertz CT molecular complexity index is 1990. The second-order valence-electron chi connectivity index (χ2n) is 16.4. The fourth-order valence-corrected chi connectivity index (χ4v) is 9.51. The fraction of sp³-hybridized carbons (Fsp3) is 0.512. The summed E-state index contributed by atoms with van der Waals surface area (Å²) >= 11 is 0. The topological polar surface area (TPSA) is 215 Å². The molecule has 1 aliphatic heterocycles. The minimum absolute atomic E-state index is 0.0497. The number of allylic oxidation sites excluding steroid dienone is 1. The molecule has 306 valence electrons. The molecule has 0 radical (unpaired) electrons. The third-order valence-electron chi connectivity index (χ3n) is 13.0. The third-order valence-corrected chi connectivity index (χ3v) is 13.0. The first kappa shape index (κ1) is 41.9. The summed E-state index contributed by atoms with van der Waals surface area (Å²) in [6, 6.07) is 14.9. The van der Waals surface area contributed by atoms with Gasteiger partial charge in [-0.3, -0.25) is 14.4 Å². The van der Waals surface area contributed by atoms with E-state index in [1.54, 1.807) is 82.3 Å². The number of carbonyl (C=O) groups is 5. The van der Waals surface area contributed by atoms with Crippen molar-refractivity contribution in [2.75, 3.05) is 6.61 Å². The highest BCUT2D eigenvalue weighted by Gasteiger charge is 2.78. The van der Waals surface area contributed by atoms with Crippen molar-refractivity contribution in [1.29, 1.82) is 0 Å². The minimum atomic E-state index is -2.34. The second kappa shape index (κ2) is 15.2. The van der Waals surface area contributed by atoms with E-state index in [1.807, 2.05) is 0 Å². The van der Waals surface area contributed by atoms with Gasteiger partial charge >= 0.3 is 17.9 Å². The van der Waals surface area contributed by atoms with Gasteiger partial charge in [-0.15, -0.1) is 0 Å². The summed E-state index contributed by atoms with van der Waals surface area (Å²) in [5.74, 6) is -5.84. The van der Waals surface area contributed by atoms with E-state index >= 15 is 0 Å². The number of carbonyl (C=O) groups excluding carboxylic acids is 5. The van der Waals surface area contributed by atoms with E-state index in [9.17, 15) is 44.4 Å². The number of fused-ring (bicyclic) bond motifs is 5. The van der Waals surface area contributed by atoms with Gasteiger partial charge < -0.3 is 44.7 Å². The molecular weight excluding hydrogens is 738 g/mol. The van der Waals surface area contributed by atoms with Crippen LogP contribution < -0.4 is 5.32 Å². The van der Waals surface area contributed by atoms with Crippen LogP contribution in [0.2, 0.25) is 0 Å². The molecule has 1 saturated heterocycles. The summed E-state index contributed by atoms with van der Waals surface area (Å²) in [7, 11) is 0. The van der Waals surface area contributed by atoms with Crippen molar-refractivity contribution in [3.05, 3.63) is 94.6 Å². The van der Waals surface area contributed by atoms with Crippen molar-refractivity contribution in [1.82, 2.24) is 5.32 Å². The Kier molecular flexibility index (Phi) is 11.2. The molecule has 3 aliphatic carbocycles. The number of benzene rings is 2. The van der Waals surface area contributed by atoms with E-state index in [4.69, 9.17) is 18.9 Å². The lowest BCUT2D eigenvalue weighted by atomic mass is 9.44. The van der Waals surface area contributed by atoms with Gasteiger partial charge in [-0.1, -0.05) is 68.5 Å². The van der Waals surface area contributed by atoms with Crippen LogP contribution in [0.4, 0.5) is 0 Å². The van der Waals surface area contributed by atoms with Crippen LogP contribution in [0.25, 0.3) is 0 Å². The number of ether oxygens (including phenoxy) is 4. The molecule has 0 aromatic heterocycles. The van der Waals surface area contributed by atoms with Crippen LogP contribution in [-0.4, -0.2) is 104 Å². The lowest BCUT2D eigenvalue weighted by Gasteiger charge is -2.67. The van der Waals surface area contributed by atoms with Gasteiger partial charge in [0, 0.05) is 30.8 Å². The molecular formula is C43H51NO13. The summed E-state index contributed by atoms with van der Waals surface area (Å²) in [4.78, 5) is 68.9. The van der Waals surface area contributed by atoms with E-state index < -0.39 is 107 Å². The Morgan fingerprint density at radius 1 is 0.965 bits per heavy atom. The standard InChI is InChI=1S/C43H51NO13/c1-8-22(2)37(50)44-31(25-15-11-9-12-16-25)33(48)39(52)55-27-20-43(53)36(56-38(51)26-17-13-10-14-18-26)34-41(7,35(49)32(47)30(23(27)3)40(43,5)6)28(46)19-29-42(34,21-54-29)57-24(4)45/h8-18,27-29,31-34,36,46-48,53H,19-21H2,1-7H3,(H,44,50)/b22-8+/t27-,28+,29+,31?,32+,33+,34-,36-,41+,42-,43+/m0/s1. The third kappa shape index (κ3) is 6.70. The number of hydrogen-bond acceptors (Lipinski definition) is 13. The molecule has 1 amide bonds. The van der Waals surface area contributed by atoms with Crippen molar-refractivity contribution < 1.29 is 63.3 Å². The summed E-state index contributed by atoms with van der Waals surface area (Å²) in [6.07, 6.45) is -8.83. The minimum Gasteiger partial charge on any atom is -0.456 e. The van der Waals surface area contributed by atoms with Crippen LogP contribution in [0.15, 0.2) is 83.5 Å². The summed E-state index contributed by atoms with van der Waals surface area (Å²) in [5.41, 5.74) is -6.75. The van der Waals surface area contributed by atoms with E-state index in [0.29, 0.717) is 11.1 Å². The Morgan fingerprint density at radius 3 is 2.14 bits per heavy atom. The Labute approximate surface area is 330 Å². The molecule has 2 saturated carbocycles. The van der Waals surface area contributed by atoms with Gasteiger partial charge in [0.15, 0.2) is 17.5 Å². The highest BCUT2D eigenvalue weighted by atomic mass is 16.6. The van der Waals surface area contributed by atoms with Crippen LogP contribution in [-0.2, 0) is 38.1 Å². The zero-order valence-corrected chi connectivity index (χ0v) is 33.1. The number of rotatable bonds is 9. The molecule has 3 fully saturated rings. The molecule has 11 atom stereocenters. The van der Waals surface area contributed by atoms with Crippen molar-refractivity contribution in [2.24, 2.45) is 16.7 Å². The SMILES string of the molecule is C/C=C(\C)C(=O)NC(c1ccccc1)[C@@H](O)C(=O)O[C@H]1C[C@@]2(O)[C@@H](OC(=O)c3ccccc3)[C@@H]3[C@]4(OC(C)=O)CO[C@@H]4C[C@@H](O)[C@@]3(C)C(=O)[C@H](O)C(=C1C)C2(C)C. The normalized spacial score (nSPS) is 34.2. The van der Waals surface area contributed by atoms with Crippen molar-refractivity contribution in [3.8, 4) is 0 Å². The smallest absolute Gasteiger partial charge is 0.338 e. The predicted molar refractivity (Wildman–Crippen MR) is 202 cm³/mol. The molecule has 57 heavy (non-hydrogen) atoms. The van der Waals surface area contributed by atoms with E-state index in [2.05, 4.69) is 5.32 Å².